The molecule has 0 heterocycles. The van der Waals surface area contributed by atoms with E-state index in [1.165, 1.54) is 4.90 Å². The van der Waals surface area contributed by atoms with E-state index in [1.54, 1.807) is 0 Å². The van der Waals surface area contributed by atoms with E-state index in [1.807, 2.05) is 114 Å². The van der Waals surface area contributed by atoms with Crippen molar-refractivity contribution in [2.24, 2.45) is 0 Å². The maximum atomic E-state index is 14.2. The fraction of sp³-hybridized carbons (Fsp3) is 0.375. The van der Waals surface area contributed by atoms with Crippen LogP contribution < -0.4 is 9.62 Å². The minimum Gasteiger partial charge on any atom is -0.350 e. The average molecular weight is 564 g/mol. The molecule has 3 aromatic carbocycles. The van der Waals surface area contributed by atoms with E-state index in [4.69, 9.17) is 0 Å². The molecule has 0 radical (unpaired) electrons. The molecular weight excluding hydrogens is 522 g/mol. The first-order valence-corrected chi connectivity index (χ1v) is 15.3. The van der Waals surface area contributed by atoms with Gasteiger partial charge >= 0.3 is 0 Å². The molecule has 0 spiro atoms. The predicted molar refractivity (Wildman–Crippen MR) is 162 cm³/mol. The lowest BCUT2D eigenvalue weighted by Gasteiger charge is -2.35. The molecule has 40 heavy (non-hydrogen) atoms. The van der Waals surface area contributed by atoms with Gasteiger partial charge in [0, 0.05) is 18.5 Å². The quantitative estimate of drug-likeness (QED) is 0.379. The number of hydrogen-bond donors (Lipinski definition) is 1. The maximum Gasteiger partial charge on any atom is 0.244 e. The van der Waals surface area contributed by atoms with Gasteiger partial charge in [-0.25, -0.2) is 8.42 Å². The zero-order valence-corrected chi connectivity index (χ0v) is 25.4. The second-order valence-electron chi connectivity index (χ2n) is 11.5. The third kappa shape index (κ3) is 8.42. The van der Waals surface area contributed by atoms with E-state index < -0.39 is 34.1 Å². The first-order chi connectivity index (χ1) is 18.7. The van der Waals surface area contributed by atoms with Gasteiger partial charge in [-0.3, -0.25) is 13.9 Å². The predicted octanol–water partition coefficient (Wildman–Crippen LogP) is 4.93. The second-order valence-corrected chi connectivity index (χ2v) is 13.4. The lowest BCUT2D eigenvalue weighted by Crippen LogP contribution is -2.56. The molecule has 0 aromatic heterocycles. The van der Waals surface area contributed by atoms with Crippen molar-refractivity contribution in [3.8, 4) is 0 Å². The SMILES string of the molecule is Cc1ccc(CN(C(=O)CN(c2c(C)cccc2C)S(C)(=O)=O)[C@H](Cc2ccccc2)C(=O)NC(C)(C)C)cc1. The molecule has 3 aromatic rings. The van der Waals surface area contributed by atoms with Gasteiger partial charge in [-0.1, -0.05) is 78.4 Å². The van der Waals surface area contributed by atoms with Crippen molar-refractivity contribution >= 4 is 27.5 Å². The van der Waals surface area contributed by atoms with E-state index in [9.17, 15) is 18.0 Å². The molecule has 214 valence electrons. The molecule has 0 aliphatic rings. The van der Waals surface area contributed by atoms with E-state index in [0.29, 0.717) is 5.69 Å². The number of rotatable bonds is 10. The summed E-state index contributed by atoms with van der Waals surface area (Å²) in [5.41, 5.74) is 4.26. The molecule has 8 heteroatoms. The highest BCUT2D eigenvalue weighted by Crippen LogP contribution is 2.27. The molecule has 2 amide bonds. The van der Waals surface area contributed by atoms with Crippen LogP contribution in [0.15, 0.2) is 72.8 Å². The summed E-state index contributed by atoms with van der Waals surface area (Å²) in [5.74, 6) is -0.756. The van der Waals surface area contributed by atoms with Crippen molar-refractivity contribution in [2.75, 3.05) is 17.1 Å². The smallest absolute Gasteiger partial charge is 0.244 e. The topological polar surface area (TPSA) is 86.8 Å². The summed E-state index contributed by atoms with van der Waals surface area (Å²) < 4.78 is 27.3. The van der Waals surface area contributed by atoms with Crippen LogP contribution in [0.1, 0.15) is 48.6 Å². The van der Waals surface area contributed by atoms with Crippen LogP contribution in [0.4, 0.5) is 5.69 Å². The van der Waals surface area contributed by atoms with Gasteiger partial charge in [-0.15, -0.1) is 0 Å². The Labute approximate surface area is 239 Å². The molecule has 7 nitrogen and oxygen atoms in total. The van der Waals surface area contributed by atoms with Crippen LogP contribution >= 0.6 is 0 Å². The monoisotopic (exact) mass is 563 g/mol. The second kappa shape index (κ2) is 12.7. The summed E-state index contributed by atoms with van der Waals surface area (Å²) in [6.07, 6.45) is 1.38. The Kier molecular flexibility index (Phi) is 9.79. The van der Waals surface area contributed by atoms with E-state index >= 15 is 0 Å². The highest BCUT2D eigenvalue weighted by atomic mass is 32.2. The van der Waals surface area contributed by atoms with Gasteiger partial charge in [0.1, 0.15) is 12.6 Å². The Morgan fingerprint density at radius 1 is 0.825 bits per heavy atom. The molecule has 1 atom stereocenters. The number of nitrogens with one attached hydrogen (secondary N) is 1. The van der Waals surface area contributed by atoms with E-state index in [2.05, 4.69) is 5.32 Å². The third-order valence-electron chi connectivity index (χ3n) is 6.61. The Bertz CT molecular complexity index is 1410. The minimum absolute atomic E-state index is 0.151. The molecule has 0 bridgehead atoms. The van der Waals surface area contributed by atoms with Crippen LogP contribution in [0.3, 0.4) is 0 Å². The van der Waals surface area contributed by atoms with Crippen LogP contribution in [-0.4, -0.2) is 49.5 Å². The zero-order valence-electron chi connectivity index (χ0n) is 24.6. The standard InChI is InChI=1S/C32H41N3O4S/c1-23-16-18-27(19-17-23)21-34(28(31(37)33-32(4,5)6)20-26-14-9-8-10-15-26)29(36)22-35(40(7,38)39)30-24(2)12-11-13-25(30)3/h8-19,28H,20-22H2,1-7H3,(H,33,37)/t28-/m1/s1. The molecule has 0 unspecified atom stereocenters. The molecule has 0 aliphatic heterocycles. The van der Waals surface area contributed by atoms with Crippen molar-refractivity contribution in [1.82, 2.24) is 10.2 Å². The summed E-state index contributed by atoms with van der Waals surface area (Å²) in [5, 5.41) is 3.04. The van der Waals surface area contributed by atoms with Gasteiger partial charge in [-0.05, 0) is 63.8 Å². The molecule has 0 saturated heterocycles. The lowest BCUT2D eigenvalue weighted by atomic mass is 10.0. The molecule has 0 aliphatic carbocycles. The Balaban J connectivity index is 2.10. The van der Waals surface area contributed by atoms with Crippen molar-refractivity contribution in [3.63, 3.8) is 0 Å². The number of para-hydroxylation sites is 1. The van der Waals surface area contributed by atoms with Gasteiger partial charge in [0.2, 0.25) is 21.8 Å². The van der Waals surface area contributed by atoms with E-state index in [-0.39, 0.29) is 18.9 Å². The summed E-state index contributed by atoms with van der Waals surface area (Å²) in [7, 11) is -3.82. The summed E-state index contributed by atoms with van der Waals surface area (Å²) in [6, 6.07) is 21.9. The normalized spacial score (nSPS) is 12.5. The van der Waals surface area contributed by atoms with E-state index in [0.717, 1.165) is 38.4 Å². The fourth-order valence-electron chi connectivity index (χ4n) is 4.67. The van der Waals surface area contributed by atoms with Crippen molar-refractivity contribution in [2.45, 2.75) is 66.1 Å². The number of hydrogen-bond acceptors (Lipinski definition) is 4. The number of amides is 2. The summed E-state index contributed by atoms with van der Waals surface area (Å²) in [4.78, 5) is 29.5. The van der Waals surface area contributed by atoms with Crippen molar-refractivity contribution in [3.05, 3.63) is 101 Å². The van der Waals surface area contributed by atoms with Gasteiger partial charge in [0.15, 0.2) is 0 Å². The number of carbonyl (C=O) groups is 2. The van der Waals surface area contributed by atoms with Crippen LogP contribution in [0.25, 0.3) is 0 Å². The highest BCUT2D eigenvalue weighted by molar-refractivity contribution is 7.92. The lowest BCUT2D eigenvalue weighted by molar-refractivity contribution is -0.140. The number of nitrogens with zero attached hydrogens (tertiary/aromatic N) is 2. The zero-order chi connectivity index (χ0) is 29.7. The summed E-state index contributed by atoms with van der Waals surface area (Å²) in [6.45, 7) is 11.0. The average Bonchev–Trinajstić information content (AvgIpc) is 2.85. The van der Waals surface area contributed by atoms with Gasteiger partial charge < -0.3 is 10.2 Å². The maximum absolute atomic E-state index is 14.2. The number of benzene rings is 3. The van der Waals surface area contributed by atoms with Crippen LogP contribution in [-0.2, 0) is 32.6 Å². The Hall–Kier alpha value is -3.65. The van der Waals surface area contributed by atoms with Crippen LogP contribution in [0.5, 0.6) is 0 Å². The number of sulfonamides is 1. The van der Waals surface area contributed by atoms with Crippen LogP contribution in [0, 0.1) is 20.8 Å². The van der Waals surface area contributed by atoms with Crippen LogP contribution in [0.2, 0.25) is 0 Å². The highest BCUT2D eigenvalue weighted by Gasteiger charge is 2.34. The first kappa shape index (κ1) is 30.9. The van der Waals surface area contributed by atoms with Gasteiger partial charge in [0.25, 0.3) is 0 Å². The number of aryl methyl sites for hydroxylation is 3. The third-order valence-corrected chi connectivity index (χ3v) is 7.72. The molecule has 3 rings (SSSR count). The molecule has 0 saturated carbocycles. The van der Waals surface area contributed by atoms with Gasteiger partial charge in [0.05, 0.1) is 11.9 Å². The molecule has 0 fully saturated rings. The Morgan fingerprint density at radius 3 is 1.93 bits per heavy atom. The summed E-state index contributed by atoms with van der Waals surface area (Å²) >= 11 is 0. The number of anilines is 1. The molecule has 1 N–H and O–H groups in total. The van der Waals surface area contributed by atoms with Crippen molar-refractivity contribution < 1.29 is 18.0 Å². The fourth-order valence-corrected chi connectivity index (χ4v) is 5.64. The Morgan fingerprint density at radius 2 is 1.40 bits per heavy atom. The number of carbonyl (C=O) groups excluding carboxylic acids is 2. The molecular formula is C32H41N3O4S. The van der Waals surface area contributed by atoms with Gasteiger partial charge in [-0.2, -0.15) is 0 Å². The minimum atomic E-state index is -3.82. The largest absolute Gasteiger partial charge is 0.350 e. The first-order valence-electron chi connectivity index (χ1n) is 13.4. The van der Waals surface area contributed by atoms with Crippen molar-refractivity contribution in [1.29, 1.82) is 0 Å².